The number of carbonyl (C=O) groups excluding carboxylic acids is 1. The molecule has 1 aromatic heterocycles. The van der Waals surface area contributed by atoms with E-state index in [4.69, 9.17) is 16.3 Å². The maximum Gasteiger partial charge on any atom is 0.233 e. The summed E-state index contributed by atoms with van der Waals surface area (Å²) in [6, 6.07) is 0.0865. The van der Waals surface area contributed by atoms with Gasteiger partial charge in [0.1, 0.15) is 5.82 Å². The summed E-state index contributed by atoms with van der Waals surface area (Å²) in [4.78, 5) is 21.8. The van der Waals surface area contributed by atoms with Gasteiger partial charge in [0.25, 0.3) is 0 Å². The van der Waals surface area contributed by atoms with Gasteiger partial charge in [0, 0.05) is 18.4 Å². The number of nitrogens with zero attached hydrogens (tertiary/aromatic N) is 3. The third-order valence-corrected chi connectivity index (χ3v) is 3.33. The Morgan fingerprint density at radius 3 is 3.18 bits per heavy atom. The molecule has 6 heteroatoms. The Bertz CT molecular complexity index is 460. The zero-order valence-corrected chi connectivity index (χ0v) is 9.98. The number of hydrogen-bond donors (Lipinski definition) is 0. The Morgan fingerprint density at radius 1 is 1.53 bits per heavy atom. The first-order valence-electron chi connectivity index (χ1n) is 5.67. The van der Waals surface area contributed by atoms with E-state index in [1.165, 1.54) is 0 Å². The van der Waals surface area contributed by atoms with Crippen molar-refractivity contribution in [1.29, 1.82) is 0 Å². The van der Waals surface area contributed by atoms with Crippen molar-refractivity contribution in [3.8, 4) is 0 Å². The molecular formula is C11H12ClN3O2. The van der Waals surface area contributed by atoms with E-state index in [9.17, 15) is 4.79 Å². The van der Waals surface area contributed by atoms with Crippen LogP contribution >= 0.6 is 11.6 Å². The van der Waals surface area contributed by atoms with Gasteiger partial charge >= 0.3 is 0 Å². The fraction of sp³-hybridized carbons (Fsp3) is 0.545. The number of carbonyl (C=O) groups is 1. The summed E-state index contributed by atoms with van der Waals surface area (Å²) in [6.07, 6.45) is 3.92. The summed E-state index contributed by atoms with van der Waals surface area (Å²) >= 11 is 5.78. The number of aromatic nitrogens is 2. The van der Waals surface area contributed by atoms with E-state index >= 15 is 0 Å². The van der Waals surface area contributed by atoms with Crippen LogP contribution in [0.1, 0.15) is 18.4 Å². The first-order valence-corrected chi connectivity index (χ1v) is 6.05. The molecule has 1 aromatic rings. The normalized spacial score (nSPS) is 23.9. The second-order valence-corrected chi connectivity index (χ2v) is 4.64. The molecule has 2 aliphatic rings. The molecule has 5 nitrogen and oxygen atoms in total. The van der Waals surface area contributed by atoms with Crippen LogP contribution in [0.3, 0.4) is 0 Å². The molecule has 1 saturated heterocycles. The van der Waals surface area contributed by atoms with Gasteiger partial charge in [0.05, 0.1) is 19.1 Å². The van der Waals surface area contributed by atoms with Crippen LogP contribution in [0.5, 0.6) is 0 Å². The molecule has 1 amide bonds. The molecule has 17 heavy (non-hydrogen) atoms. The molecule has 0 unspecified atom stereocenters. The first kappa shape index (κ1) is 10.9. The van der Waals surface area contributed by atoms with E-state index in [1.54, 1.807) is 11.1 Å². The topological polar surface area (TPSA) is 55.3 Å². The van der Waals surface area contributed by atoms with Gasteiger partial charge in [-0.1, -0.05) is 0 Å². The summed E-state index contributed by atoms with van der Waals surface area (Å²) in [6.45, 7) is 1.35. The Labute approximate surface area is 104 Å². The highest BCUT2D eigenvalue weighted by Crippen LogP contribution is 2.31. The van der Waals surface area contributed by atoms with Crippen LogP contribution in [0.25, 0.3) is 0 Å². The van der Waals surface area contributed by atoms with E-state index in [0.29, 0.717) is 18.8 Å². The van der Waals surface area contributed by atoms with Crippen LogP contribution < -0.4 is 4.90 Å². The lowest BCUT2D eigenvalue weighted by Crippen LogP contribution is -2.43. The van der Waals surface area contributed by atoms with Crippen molar-refractivity contribution in [1.82, 2.24) is 9.97 Å². The quantitative estimate of drug-likeness (QED) is 0.706. The molecule has 0 bridgehead atoms. The van der Waals surface area contributed by atoms with Crippen molar-refractivity contribution >= 4 is 23.3 Å². The molecule has 3 rings (SSSR count). The van der Waals surface area contributed by atoms with E-state index < -0.39 is 0 Å². The third-order valence-electron chi connectivity index (χ3n) is 3.15. The van der Waals surface area contributed by atoms with E-state index in [-0.39, 0.29) is 17.2 Å². The van der Waals surface area contributed by atoms with Crippen LogP contribution in [0.4, 0.5) is 5.82 Å². The van der Waals surface area contributed by atoms with Crippen molar-refractivity contribution < 1.29 is 9.53 Å². The number of ether oxygens (including phenoxy) is 1. The van der Waals surface area contributed by atoms with Crippen LogP contribution in [-0.2, 0) is 16.0 Å². The molecule has 0 aromatic carbocycles. The maximum atomic E-state index is 12.0. The van der Waals surface area contributed by atoms with Gasteiger partial charge in [0.15, 0.2) is 0 Å². The average molecular weight is 254 g/mol. The number of hydrogen-bond acceptors (Lipinski definition) is 4. The Morgan fingerprint density at radius 2 is 2.41 bits per heavy atom. The average Bonchev–Trinajstić information content (AvgIpc) is 2.65. The molecule has 2 aliphatic heterocycles. The zero-order valence-electron chi connectivity index (χ0n) is 9.23. The van der Waals surface area contributed by atoms with Gasteiger partial charge in [0.2, 0.25) is 11.2 Å². The Balaban J connectivity index is 1.95. The molecule has 3 heterocycles. The highest BCUT2D eigenvalue weighted by atomic mass is 35.5. The maximum absolute atomic E-state index is 12.0. The number of halogens is 1. The Kier molecular flexibility index (Phi) is 2.72. The van der Waals surface area contributed by atoms with Gasteiger partial charge < -0.3 is 4.74 Å². The second kappa shape index (κ2) is 4.23. The fourth-order valence-electron chi connectivity index (χ4n) is 2.38. The van der Waals surface area contributed by atoms with Gasteiger partial charge in [-0.25, -0.2) is 4.98 Å². The largest absolute Gasteiger partial charge is 0.379 e. The number of amides is 1. The van der Waals surface area contributed by atoms with Crippen molar-refractivity contribution in [3.05, 3.63) is 17.0 Å². The molecule has 1 fully saturated rings. The summed E-state index contributed by atoms with van der Waals surface area (Å²) in [5.41, 5.74) is 0.852. The van der Waals surface area contributed by atoms with Crippen molar-refractivity contribution in [2.75, 3.05) is 18.1 Å². The zero-order chi connectivity index (χ0) is 11.8. The highest BCUT2D eigenvalue weighted by molar-refractivity contribution is 6.28. The Hall–Kier alpha value is -1.20. The van der Waals surface area contributed by atoms with Crippen molar-refractivity contribution in [2.45, 2.75) is 25.3 Å². The molecule has 0 saturated carbocycles. The predicted molar refractivity (Wildman–Crippen MR) is 62.1 cm³/mol. The molecule has 0 radical (unpaired) electrons. The standard InChI is InChI=1S/C11H12ClN3O2/c12-11-13-5-7-4-9(16)15(10(7)14-11)8-2-1-3-17-6-8/h5,8H,1-4,6H2/t8-/m1/s1. The SMILES string of the molecule is O=C1Cc2cnc(Cl)nc2N1[C@@H]1CCCOC1. The molecule has 0 spiro atoms. The van der Waals surface area contributed by atoms with Gasteiger partial charge in [-0.3, -0.25) is 9.69 Å². The van der Waals surface area contributed by atoms with Crippen LogP contribution in [0.2, 0.25) is 5.28 Å². The van der Waals surface area contributed by atoms with Crippen LogP contribution in [0, 0.1) is 0 Å². The number of fused-ring (bicyclic) bond motifs is 1. The first-order chi connectivity index (χ1) is 8.25. The van der Waals surface area contributed by atoms with Gasteiger partial charge in [-0.05, 0) is 24.4 Å². The molecule has 0 aliphatic carbocycles. The monoisotopic (exact) mass is 253 g/mol. The minimum Gasteiger partial charge on any atom is -0.379 e. The minimum absolute atomic E-state index is 0.0621. The van der Waals surface area contributed by atoms with Crippen LogP contribution in [0.15, 0.2) is 6.20 Å². The lowest BCUT2D eigenvalue weighted by Gasteiger charge is -2.30. The molecular weight excluding hydrogens is 242 g/mol. The minimum atomic E-state index is 0.0621. The third kappa shape index (κ3) is 1.89. The lowest BCUT2D eigenvalue weighted by molar-refractivity contribution is -0.118. The van der Waals surface area contributed by atoms with Crippen molar-refractivity contribution in [3.63, 3.8) is 0 Å². The second-order valence-electron chi connectivity index (χ2n) is 4.30. The highest BCUT2D eigenvalue weighted by Gasteiger charge is 2.35. The van der Waals surface area contributed by atoms with E-state index in [2.05, 4.69) is 9.97 Å². The van der Waals surface area contributed by atoms with E-state index in [0.717, 1.165) is 25.0 Å². The number of rotatable bonds is 1. The fourth-order valence-corrected chi connectivity index (χ4v) is 2.51. The number of anilines is 1. The molecule has 0 N–H and O–H groups in total. The molecule has 90 valence electrons. The summed E-state index contributed by atoms with van der Waals surface area (Å²) < 4.78 is 5.42. The summed E-state index contributed by atoms with van der Waals surface area (Å²) in [5, 5.41) is 0.181. The van der Waals surface area contributed by atoms with Gasteiger partial charge in [-0.2, -0.15) is 4.98 Å². The van der Waals surface area contributed by atoms with Gasteiger partial charge in [-0.15, -0.1) is 0 Å². The van der Waals surface area contributed by atoms with E-state index in [1.807, 2.05) is 0 Å². The molecule has 1 atom stereocenters. The lowest BCUT2D eigenvalue weighted by atomic mass is 10.1. The van der Waals surface area contributed by atoms with Crippen LogP contribution in [-0.4, -0.2) is 35.1 Å². The summed E-state index contributed by atoms with van der Waals surface area (Å²) in [7, 11) is 0. The van der Waals surface area contributed by atoms with Crippen molar-refractivity contribution in [2.24, 2.45) is 0 Å². The predicted octanol–water partition coefficient (Wildman–Crippen LogP) is 1.20. The smallest absolute Gasteiger partial charge is 0.233 e. The summed E-state index contributed by atoms with van der Waals surface area (Å²) in [5.74, 6) is 0.720.